The minimum atomic E-state index is -0.594. The molecule has 0 radical (unpaired) electrons. The Kier molecular flexibility index (Phi) is 7.94. The van der Waals surface area contributed by atoms with Crippen LogP contribution in [0, 0.1) is 0 Å². The Morgan fingerprint density at radius 2 is 1.80 bits per heavy atom. The van der Waals surface area contributed by atoms with Gasteiger partial charge in [0.15, 0.2) is 0 Å². The van der Waals surface area contributed by atoms with E-state index < -0.39 is 17.8 Å². The topological polar surface area (TPSA) is 134 Å². The third-order valence-electron chi connectivity index (χ3n) is 5.41. The van der Waals surface area contributed by atoms with Gasteiger partial charge in [0, 0.05) is 43.2 Å². The highest BCUT2D eigenvalue weighted by atomic mass is 32.2. The van der Waals surface area contributed by atoms with Crippen molar-refractivity contribution in [1.29, 1.82) is 0 Å². The van der Waals surface area contributed by atoms with Crippen LogP contribution in [0.3, 0.4) is 0 Å². The largest absolute Gasteiger partial charge is 0.356 e. The second-order valence-electron chi connectivity index (χ2n) is 7.72. The van der Waals surface area contributed by atoms with Crippen molar-refractivity contribution in [3.8, 4) is 0 Å². The number of nitrogens with zero attached hydrogens (tertiary/aromatic N) is 1. The number of thioether (sulfide) groups is 1. The first-order valence-corrected chi connectivity index (χ1v) is 11.5. The molecule has 0 spiro atoms. The van der Waals surface area contributed by atoms with Crippen molar-refractivity contribution >= 4 is 41.5 Å². The number of unbranched alkanes of at least 4 members (excludes halogenated alkanes) is 2. The van der Waals surface area contributed by atoms with Gasteiger partial charge in [-0.15, -0.1) is 5.06 Å². The highest BCUT2D eigenvalue weighted by molar-refractivity contribution is 8.00. The van der Waals surface area contributed by atoms with Crippen molar-refractivity contribution in [3.63, 3.8) is 0 Å². The quantitative estimate of drug-likeness (QED) is 0.243. The summed E-state index contributed by atoms with van der Waals surface area (Å²) in [6, 6.07) is 0.272. The van der Waals surface area contributed by atoms with Crippen molar-refractivity contribution in [3.05, 3.63) is 0 Å². The number of carbonyl (C=O) groups excluding carboxylic acids is 5. The van der Waals surface area contributed by atoms with E-state index >= 15 is 0 Å². The second kappa shape index (κ2) is 10.6. The predicted octanol–water partition coefficient (Wildman–Crippen LogP) is 0.606. The predicted molar refractivity (Wildman–Crippen MR) is 108 cm³/mol. The molecule has 11 heteroatoms. The number of nitrogens with one attached hydrogen (secondary N) is 3. The molecular formula is C19H28N4O6S. The van der Waals surface area contributed by atoms with Gasteiger partial charge in [0.2, 0.25) is 5.91 Å². The van der Waals surface area contributed by atoms with Crippen molar-refractivity contribution in [1.82, 2.24) is 21.0 Å². The molecule has 3 saturated heterocycles. The lowest BCUT2D eigenvalue weighted by atomic mass is 10.0. The number of hydrogen-bond donors (Lipinski definition) is 3. The summed E-state index contributed by atoms with van der Waals surface area (Å²) >= 11 is 1.84. The van der Waals surface area contributed by atoms with Gasteiger partial charge in [-0.1, -0.05) is 6.42 Å². The monoisotopic (exact) mass is 440 g/mol. The Morgan fingerprint density at radius 1 is 1.03 bits per heavy atom. The van der Waals surface area contributed by atoms with Crippen molar-refractivity contribution in [2.24, 2.45) is 0 Å². The number of fused-ring (bicyclic) bond motifs is 1. The molecule has 30 heavy (non-hydrogen) atoms. The first-order chi connectivity index (χ1) is 14.4. The molecule has 0 bridgehead atoms. The lowest BCUT2D eigenvalue weighted by molar-refractivity contribution is -0.197. The van der Waals surface area contributed by atoms with Gasteiger partial charge < -0.3 is 20.8 Å². The number of carbonyl (C=O) groups is 5. The Morgan fingerprint density at radius 3 is 2.57 bits per heavy atom. The smallest absolute Gasteiger partial charge is 0.333 e. The lowest BCUT2D eigenvalue weighted by Crippen LogP contribution is -2.37. The summed E-state index contributed by atoms with van der Waals surface area (Å²) in [6.45, 7) is 0.542. The summed E-state index contributed by atoms with van der Waals surface area (Å²) in [4.78, 5) is 62.5. The standard InChI is InChI=1S/C19H28N4O6S/c24-14(6-4-5-13-18-12(11-30-13)21-19(28)22-18)20-10-3-1-2-7-17(27)29-23-15(25)8-9-16(23)26/h12-13,18H,1-11H2,(H,20,24)(H2,21,22,28)/t12-,13-,18-/m0/s1. The number of urea groups is 1. The first kappa shape index (κ1) is 22.4. The van der Waals surface area contributed by atoms with E-state index in [1.54, 1.807) is 0 Å². The molecule has 3 fully saturated rings. The van der Waals surface area contributed by atoms with Gasteiger partial charge in [-0.3, -0.25) is 14.4 Å². The summed E-state index contributed by atoms with van der Waals surface area (Å²) in [5.41, 5.74) is 0. The average molecular weight is 441 g/mol. The highest BCUT2D eigenvalue weighted by Gasteiger charge is 2.42. The molecule has 0 aromatic carbocycles. The van der Waals surface area contributed by atoms with E-state index in [9.17, 15) is 24.0 Å². The molecule has 3 aliphatic rings. The molecule has 0 aromatic heterocycles. The van der Waals surface area contributed by atoms with E-state index in [-0.39, 0.29) is 43.3 Å². The van der Waals surface area contributed by atoms with Gasteiger partial charge in [-0.05, 0) is 25.7 Å². The van der Waals surface area contributed by atoms with Crippen LogP contribution in [0.15, 0.2) is 0 Å². The van der Waals surface area contributed by atoms with Gasteiger partial charge in [-0.25, -0.2) is 9.59 Å². The second-order valence-corrected chi connectivity index (χ2v) is 8.99. The van der Waals surface area contributed by atoms with E-state index in [0.717, 1.165) is 31.4 Å². The molecule has 3 rings (SSSR count). The maximum absolute atomic E-state index is 11.9. The van der Waals surface area contributed by atoms with Crippen LogP contribution < -0.4 is 16.0 Å². The maximum Gasteiger partial charge on any atom is 0.333 e. The summed E-state index contributed by atoms with van der Waals surface area (Å²) in [5.74, 6) is -0.630. The Hall–Kier alpha value is -2.30. The van der Waals surface area contributed by atoms with Crippen molar-refractivity contribution in [2.75, 3.05) is 12.3 Å². The molecule has 0 unspecified atom stereocenters. The molecule has 3 aliphatic heterocycles. The molecule has 166 valence electrons. The van der Waals surface area contributed by atoms with E-state index in [2.05, 4.69) is 16.0 Å². The SMILES string of the molecule is O=C(CCC[C@@H]1SC[C@@H]2NC(=O)N[C@@H]21)NCCCCCC(=O)ON1C(=O)CCC1=O. The van der Waals surface area contributed by atoms with Crippen molar-refractivity contribution < 1.29 is 28.8 Å². The number of hydrogen-bond acceptors (Lipinski definition) is 7. The number of imide groups is 1. The van der Waals surface area contributed by atoms with Crippen LogP contribution in [-0.4, -0.2) is 64.4 Å². The zero-order valence-corrected chi connectivity index (χ0v) is 17.6. The average Bonchev–Trinajstić information content (AvgIpc) is 3.35. The Balaban J connectivity index is 1.17. The van der Waals surface area contributed by atoms with Crippen molar-refractivity contribution in [2.45, 2.75) is 75.1 Å². The van der Waals surface area contributed by atoms with Crippen LogP contribution in [0.25, 0.3) is 0 Å². The van der Waals surface area contributed by atoms with Crippen LogP contribution in [0.1, 0.15) is 57.8 Å². The lowest BCUT2D eigenvalue weighted by Gasteiger charge is -2.16. The molecule has 0 aromatic rings. The molecule has 3 heterocycles. The molecule has 5 amide bonds. The van der Waals surface area contributed by atoms with E-state index in [4.69, 9.17) is 4.84 Å². The minimum Gasteiger partial charge on any atom is -0.356 e. The van der Waals surface area contributed by atoms with Gasteiger partial charge in [-0.2, -0.15) is 11.8 Å². The fourth-order valence-electron chi connectivity index (χ4n) is 3.80. The van der Waals surface area contributed by atoms with Gasteiger partial charge in [0.05, 0.1) is 12.1 Å². The van der Waals surface area contributed by atoms with Crippen LogP contribution in [0.2, 0.25) is 0 Å². The molecule has 0 aliphatic carbocycles. The number of rotatable bonds is 11. The third-order valence-corrected chi connectivity index (χ3v) is 6.92. The number of amides is 5. The molecular weight excluding hydrogens is 412 g/mol. The third kappa shape index (κ3) is 6.10. The summed E-state index contributed by atoms with van der Waals surface area (Å²) in [7, 11) is 0. The van der Waals surface area contributed by atoms with Crippen LogP contribution in [-0.2, 0) is 24.0 Å². The van der Waals surface area contributed by atoms with E-state index in [0.29, 0.717) is 29.7 Å². The zero-order chi connectivity index (χ0) is 21.5. The maximum atomic E-state index is 11.9. The number of hydroxylamine groups is 2. The summed E-state index contributed by atoms with van der Waals surface area (Å²) in [5, 5.41) is 9.65. The zero-order valence-electron chi connectivity index (χ0n) is 16.8. The van der Waals surface area contributed by atoms with Crippen LogP contribution in [0.4, 0.5) is 4.79 Å². The minimum absolute atomic E-state index is 0.00796. The fraction of sp³-hybridized carbons (Fsp3) is 0.737. The fourth-order valence-corrected chi connectivity index (χ4v) is 5.34. The van der Waals surface area contributed by atoms with E-state index in [1.807, 2.05) is 11.8 Å². The molecule has 3 atom stereocenters. The van der Waals surface area contributed by atoms with Gasteiger partial charge in [0.25, 0.3) is 11.8 Å². The van der Waals surface area contributed by atoms with Crippen LogP contribution in [0.5, 0.6) is 0 Å². The highest BCUT2D eigenvalue weighted by Crippen LogP contribution is 2.33. The normalized spacial score (nSPS) is 25.1. The Labute approximate surface area is 179 Å². The molecule has 3 N–H and O–H groups in total. The molecule has 0 saturated carbocycles. The van der Waals surface area contributed by atoms with Gasteiger partial charge in [0.1, 0.15) is 0 Å². The van der Waals surface area contributed by atoms with E-state index in [1.165, 1.54) is 0 Å². The summed E-state index contributed by atoms with van der Waals surface area (Å²) < 4.78 is 0. The first-order valence-electron chi connectivity index (χ1n) is 10.5. The summed E-state index contributed by atoms with van der Waals surface area (Å²) in [6.07, 6.45) is 4.45. The van der Waals surface area contributed by atoms with Crippen LogP contribution >= 0.6 is 11.8 Å². The Bertz CT molecular complexity index is 687. The van der Waals surface area contributed by atoms with Gasteiger partial charge >= 0.3 is 12.0 Å². The molecule has 10 nitrogen and oxygen atoms in total.